The summed E-state index contributed by atoms with van der Waals surface area (Å²) in [6.45, 7) is 7.04. The molecule has 0 aromatic heterocycles. The predicted octanol–water partition coefficient (Wildman–Crippen LogP) is 8.15. The fourth-order valence-corrected chi connectivity index (χ4v) is 12.5. The maximum atomic E-state index is 14.0. The molecule has 1 heterocycles. The molecule has 4 aromatic rings. The summed E-state index contributed by atoms with van der Waals surface area (Å²) in [7, 11) is -2.70. The second-order valence-electron chi connectivity index (χ2n) is 13.9. The average Bonchev–Trinajstić information content (AvgIpc) is 3.49. The van der Waals surface area contributed by atoms with E-state index >= 15 is 0 Å². The minimum Gasteiger partial charge on any atom is -0.446 e. The summed E-state index contributed by atoms with van der Waals surface area (Å²) in [4.78, 5) is 28.1. The molecule has 2 fully saturated rings. The van der Waals surface area contributed by atoms with Gasteiger partial charge in [-0.05, 0) is 76.2 Å². The third-order valence-corrected chi connectivity index (χ3v) is 15.2. The highest BCUT2D eigenvalue weighted by molar-refractivity contribution is 6.99. The van der Waals surface area contributed by atoms with Crippen molar-refractivity contribution >= 4 is 30.7 Å². The van der Waals surface area contributed by atoms with Gasteiger partial charge in [-0.15, -0.1) is 0 Å². The number of hydrogen-bond acceptors (Lipinski definition) is 4. The molecule has 2 atom stereocenters. The Hall–Kier alpha value is -4.07. The van der Waals surface area contributed by atoms with Crippen LogP contribution in [0.25, 0.3) is 0 Å². The number of carbonyl (C=O) groups is 2. The minimum absolute atomic E-state index is 0.0677. The molecule has 0 spiro atoms. The van der Waals surface area contributed by atoms with Crippen molar-refractivity contribution in [2.24, 2.45) is 5.92 Å². The minimum atomic E-state index is -2.70. The third-order valence-electron chi connectivity index (χ3n) is 10.1. The standard InChI is InChI=1S/C40H44FNO4Si/c1-40(2,3)47(34-15-9-5-10-16-34,35-17-11-6-12-18-35)46-33-25-21-30(22-26-33)36(29-19-23-32(41)24-20-29)27-38(43)42-37(28-45-39(42)44)31-13-7-4-8-14-31/h4-20,23-24,30,33,36-37H,21-22,25-28H2,1-3H3/t30?,33?,36-,37+/m0/s1. The molecular weight excluding hydrogens is 606 g/mol. The van der Waals surface area contributed by atoms with Gasteiger partial charge in [0.25, 0.3) is 8.32 Å². The number of rotatable bonds is 9. The van der Waals surface area contributed by atoms with Gasteiger partial charge in [-0.1, -0.05) is 124 Å². The molecule has 0 N–H and O–H groups in total. The quantitative estimate of drug-likeness (QED) is 0.172. The number of carbonyl (C=O) groups excluding carboxylic acids is 2. The van der Waals surface area contributed by atoms with Gasteiger partial charge in [-0.2, -0.15) is 0 Å². The van der Waals surface area contributed by atoms with Crippen molar-refractivity contribution in [1.29, 1.82) is 0 Å². The lowest BCUT2D eigenvalue weighted by Gasteiger charge is -2.46. The van der Waals surface area contributed by atoms with Crippen molar-refractivity contribution in [2.75, 3.05) is 6.61 Å². The summed E-state index contributed by atoms with van der Waals surface area (Å²) in [5.74, 6) is -0.561. The molecular formula is C40H44FNO4Si. The van der Waals surface area contributed by atoms with Gasteiger partial charge >= 0.3 is 6.09 Å². The van der Waals surface area contributed by atoms with E-state index in [9.17, 15) is 14.0 Å². The van der Waals surface area contributed by atoms with E-state index in [1.54, 1.807) is 12.1 Å². The Bertz CT molecular complexity index is 1600. The van der Waals surface area contributed by atoms with E-state index in [-0.39, 0.29) is 47.7 Å². The van der Waals surface area contributed by atoms with E-state index in [4.69, 9.17) is 9.16 Å². The summed E-state index contributed by atoms with van der Waals surface area (Å²) >= 11 is 0. The van der Waals surface area contributed by atoms with Crippen molar-refractivity contribution in [3.05, 3.63) is 132 Å². The van der Waals surface area contributed by atoms with Crippen LogP contribution in [0.4, 0.5) is 9.18 Å². The van der Waals surface area contributed by atoms with Crippen LogP contribution >= 0.6 is 0 Å². The van der Waals surface area contributed by atoms with Crippen molar-refractivity contribution in [2.45, 2.75) is 76.0 Å². The molecule has 0 radical (unpaired) electrons. The Morgan fingerprint density at radius 3 is 1.89 bits per heavy atom. The molecule has 2 amide bonds. The Morgan fingerprint density at radius 1 is 0.830 bits per heavy atom. The van der Waals surface area contributed by atoms with E-state index in [1.165, 1.54) is 27.4 Å². The zero-order valence-electron chi connectivity index (χ0n) is 27.5. The highest BCUT2D eigenvalue weighted by atomic mass is 28.4. The Labute approximate surface area is 278 Å². The topological polar surface area (TPSA) is 55.8 Å². The van der Waals surface area contributed by atoms with Crippen LogP contribution in [0.5, 0.6) is 0 Å². The van der Waals surface area contributed by atoms with Crippen LogP contribution in [-0.2, 0) is 14.0 Å². The van der Waals surface area contributed by atoms with E-state index in [0.717, 1.165) is 36.8 Å². The lowest BCUT2D eigenvalue weighted by molar-refractivity contribution is -0.130. The molecule has 2 aliphatic rings. The lowest BCUT2D eigenvalue weighted by Crippen LogP contribution is -2.67. The first kappa shape index (κ1) is 32.9. The number of nitrogens with zero attached hydrogens (tertiary/aromatic N) is 1. The predicted molar refractivity (Wildman–Crippen MR) is 186 cm³/mol. The second-order valence-corrected chi connectivity index (χ2v) is 18.2. The van der Waals surface area contributed by atoms with Gasteiger partial charge < -0.3 is 9.16 Å². The fourth-order valence-electron chi connectivity index (χ4n) is 7.72. The molecule has 1 aliphatic carbocycles. The number of ether oxygens (including phenoxy) is 1. The molecule has 4 aromatic carbocycles. The number of hydrogen-bond donors (Lipinski definition) is 0. The van der Waals surface area contributed by atoms with Gasteiger partial charge in [0.2, 0.25) is 5.91 Å². The normalized spacial score (nSPS) is 20.9. The molecule has 1 saturated heterocycles. The van der Waals surface area contributed by atoms with Crippen LogP contribution in [-0.4, -0.2) is 37.9 Å². The molecule has 47 heavy (non-hydrogen) atoms. The van der Waals surface area contributed by atoms with E-state index in [2.05, 4.69) is 81.4 Å². The molecule has 0 unspecified atom stereocenters. The molecule has 6 rings (SSSR count). The van der Waals surface area contributed by atoms with E-state index < -0.39 is 20.5 Å². The monoisotopic (exact) mass is 649 g/mol. The summed E-state index contributed by atoms with van der Waals surface area (Å²) in [6, 6.07) is 37.0. The van der Waals surface area contributed by atoms with Crippen molar-refractivity contribution in [3.8, 4) is 0 Å². The Kier molecular flexibility index (Phi) is 9.76. The highest BCUT2D eigenvalue weighted by Gasteiger charge is 2.52. The van der Waals surface area contributed by atoms with E-state index in [1.807, 2.05) is 30.3 Å². The van der Waals surface area contributed by atoms with Gasteiger partial charge in [0.05, 0.1) is 0 Å². The average molecular weight is 650 g/mol. The lowest BCUT2D eigenvalue weighted by atomic mass is 9.74. The van der Waals surface area contributed by atoms with Crippen molar-refractivity contribution in [1.82, 2.24) is 4.90 Å². The number of cyclic esters (lactones) is 1. The molecule has 5 nitrogen and oxygen atoms in total. The highest BCUT2D eigenvalue weighted by Crippen LogP contribution is 2.44. The van der Waals surface area contributed by atoms with Crippen LogP contribution in [0.2, 0.25) is 5.04 Å². The fraction of sp³-hybridized carbons (Fsp3) is 0.350. The summed E-state index contributed by atoms with van der Waals surface area (Å²) in [5, 5.41) is 2.41. The summed E-state index contributed by atoms with van der Waals surface area (Å²) < 4.78 is 26.9. The van der Waals surface area contributed by atoms with Crippen LogP contribution in [0, 0.1) is 11.7 Å². The number of amides is 2. The SMILES string of the molecule is CC(C)(C)[Si](OC1CCC([C@@H](CC(=O)N2C(=O)OC[C@@H]2c2ccccc2)c2ccc(F)cc2)CC1)(c1ccccc1)c1ccccc1. The maximum absolute atomic E-state index is 14.0. The van der Waals surface area contributed by atoms with Gasteiger partial charge in [0, 0.05) is 12.5 Å². The Balaban J connectivity index is 1.24. The second kappa shape index (κ2) is 14.0. The number of benzene rings is 4. The molecule has 0 bridgehead atoms. The molecule has 1 aliphatic heterocycles. The van der Waals surface area contributed by atoms with Crippen LogP contribution in [0.15, 0.2) is 115 Å². The van der Waals surface area contributed by atoms with Gasteiger partial charge in [0.15, 0.2) is 0 Å². The first-order valence-corrected chi connectivity index (χ1v) is 18.7. The van der Waals surface area contributed by atoms with Crippen LogP contribution in [0.1, 0.15) is 76.0 Å². The van der Waals surface area contributed by atoms with Gasteiger partial charge in [-0.25, -0.2) is 14.1 Å². The van der Waals surface area contributed by atoms with E-state index in [0.29, 0.717) is 0 Å². The largest absolute Gasteiger partial charge is 0.446 e. The van der Waals surface area contributed by atoms with Crippen LogP contribution in [0.3, 0.4) is 0 Å². The zero-order chi connectivity index (χ0) is 33.0. The maximum Gasteiger partial charge on any atom is 0.417 e. The molecule has 1 saturated carbocycles. The Morgan fingerprint density at radius 2 is 1.36 bits per heavy atom. The third kappa shape index (κ3) is 6.83. The summed E-state index contributed by atoms with van der Waals surface area (Å²) in [6.07, 6.45) is 3.06. The molecule has 7 heteroatoms. The summed E-state index contributed by atoms with van der Waals surface area (Å²) in [5.41, 5.74) is 1.78. The van der Waals surface area contributed by atoms with Crippen LogP contribution < -0.4 is 10.4 Å². The van der Waals surface area contributed by atoms with Gasteiger partial charge in [0.1, 0.15) is 18.5 Å². The van der Waals surface area contributed by atoms with Gasteiger partial charge in [-0.3, -0.25) is 4.79 Å². The molecule has 244 valence electrons. The number of halogens is 1. The zero-order valence-corrected chi connectivity index (χ0v) is 28.5. The first-order chi connectivity index (χ1) is 22.7. The smallest absolute Gasteiger partial charge is 0.417 e. The number of imide groups is 1. The van der Waals surface area contributed by atoms with Crippen molar-refractivity contribution < 1.29 is 23.1 Å². The van der Waals surface area contributed by atoms with Crippen molar-refractivity contribution in [3.63, 3.8) is 0 Å². The first-order valence-electron chi connectivity index (χ1n) is 16.8.